The quantitative estimate of drug-likeness (QED) is 0.749. The number of amides is 1. The minimum absolute atomic E-state index is 0.0920. The molecule has 1 aromatic carbocycles. The van der Waals surface area contributed by atoms with Gasteiger partial charge in [-0.3, -0.25) is 4.79 Å². The summed E-state index contributed by atoms with van der Waals surface area (Å²) >= 11 is 0. The summed E-state index contributed by atoms with van der Waals surface area (Å²) in [4.78, 5) is 12.0. The molecule has 0 atom stereocenters. The Balaban J connectivity index is 1.94. The van der Waals surface area contributed by atoms with Crippen molar-refractivity contribution in [1.29, 1.82) is 0 Å². The second kappa shape index (κ2) is 8.26. The molecule has 1 aromatic heterocycles. The fraction of sp³-hybridized carbons (Fsp3) is 0.400. The molecule has 2 aromatic rings. The van der Waals surface area contributed by atoms with Crippen molar-refractivity contribution in [3.63, 3.8) is 0 Å². The van der Waals surface area contributed by atoms with Gasteiger partial charge in [0.1, 0.15) is 0 Å². The number of ether oxygens (including phenoxy) is 2. The molecule has 0 spiro atoms. The van der Waals surface area contributed by atoms with E-state index in [4.69, 9.17) is 13.9 Å². The van der Waals surface area contributed by atoms with Crippen molar-refractivity contribution >= 4 is 5.91 Å². The molecule has 0 saturated carbocycles. The Bertz CT molecular complexity index is 579. The van der Waals surface area contributed by atoms with Gasteiger partial charge in [0.2, 0.25) is 5.89 Å². The van der Waals surface area contributed by atoms with E-state index < -0.39 is 12.2 Å². The summed E-state index contributed by atoms with van der Waals surface area (Å²) in [5.41, 5.74) is 0.760. The molecular formula is C15H19N3O4. The van der Waals surface area contributed by atoms with Crippen molar-refractivity contribution in [2.75, 3.05) is 19.8 Å². The lowest BCUT2D eigenvalue weighted by atomic mass is 10.2. The number of rotatable bonds is 8. The molecule has 0 saturated heterocycles. The van der Waals surface area contributed by atoms with Crippen LogP contribution in [0.3, 0.4) is 0 Å². The zero-order chi connectivity index (χ0) is 15.8. The normalized spacial score (nSPS) is 10.9. The van der Waals surface area contributed by atoms with Gasteiger partial charge in [0.15, 0.2) is 6.29 Å². The molecule has 0 aliphatic rings. The van der Waals surface area contributed by atoms with E-state index in [1.54, 1.807) is 0 Å². The lowest BCUT2D eigenvalue weighted by Crippen LogP contribution is -2.35. The molecule has 1 heterocycles. The Morgan fingerprint density at radius 3 is 2.50 bits per heavy atom. The molecule has 2 rings (SSSR count). The third-order valence-electron chi connectivity index (χ3n) is 2.77. The number of nitrogens with one attached hydrogen (secondary N) is 1. The zero-order valence-corrected chi connectivity index (χ0v) is 12.6. The smallest absolute Gasteiger partial charge is 0.309 e. The molecule has 0 fully saturated rings. The minimum Gasteiger partial charge on any atom is -0.412 e. The van der Waals surface area contributed by atoms with Crippen LogP contribution in [0.5, 0.6) is 0 Å². The first-order valence-electron chi connectivity index (χ1n) is 7.15. The maximum absolute atomic E-state index is 12.0. The molecule has 0 aliphatic heterocycles. The van der Waals surface area contributed by atoms with Gasteiger partial charge in [-0.1, -0.05) is 18.2 Å². The van der Waals surface area contributed by atoms with Gasteiger partial charge in [0, 0.05) is 18.8 Å². The first-order valence-corrected chi connectivity index (χ1v) is 7.15. The van der Waals surface area contributed by atoms with E-state index in [1.807, 2.05) is 44.2 Å². The van der Waals surface area contributed by atoms with Gasteiger partial charge in [-0.25, -0.2) is 0 Å². The number of hydrogen-bond donors (Lipinski definition) is 1. The summed E-state index contributed by atoms with van der Waals surface area (Å²) in [6, 6.07) is 9.25. The highest BCUT2D eigenvalue weighted by molar-refractivity contribution is 5.89. The predicted molar refractivity (Wildman–Crippen MR) is 79.1 cm³/mol. The average Bonchev–Trinajstić information content (AvgIpc) is 3.04. The van der Waals surface area contributed by atoms with E-state index >= 15 is 0 Å². The topological polar surface area (TPSA) is 86.5 Å². The van der Waals surface area contributed by atoms with Crippen LogP contribution in [0.4, 0.5) is 0 Å². The van der Waals surface area contributed by atoms with Crippen LogP contribution in [0, 0.1) is 0 Å². The van der Waals surface area contributed by atoms with Gasteiger partial charge in [0.25, 0.3) is 0 Å². The minimum atomic E-state index is -0.490. The molecule has 0 bridgehead atoms. The van der Waals surface area contributed by atoms with Crippen molar-refractivity contribution in [1.82, 2.24) is 15.5 Å². The van der Waals surface area contributed by atoms with E-state index in [9.17, 15) is 4.79 Å². The van der Waals surface area contributed by atoms with Crippen molar-refractivity contribution in [2.45, 2.75) is 20.1 Å². The fourth-order valence-corrected chi connectivity index (χ4v) is 1.80. The van der Waals surface area contributed by atoms with Crippen molar-refractivity contribution < 1.29 is 18.7 Å². The fourth-order valence-electron chi connectivity index (χ4n) is 1.80. The molecule has 22 heavy (non-hydrogen) atoms. The van der Waals surface area contributed by atoms with Crippen LogP contribution in [0.15, 0.2) is 34.7 Å². The number of aromatic nitrogens is 2. The molecule has 7 heteroatoms. The first-order chi connectivity index (χ1) is 10.7. The number of nitrogens with zero attached hydrogens (tertiary/aromatic N) is 2. The highest BCUT2D eigenvalue weighted by Crippen LogP contribution is 2.16. The SMILES string of the molecule is CCOC(CNC(=O)c1nnc(-c2ccccc2)o1)OCC. The first kappa shape index (κ1) is 16.1. The Kier molecular flexibility index (Phi) is 6.05. The summed E-state index contributed by atoms with van der Waals surface area (Å²) in [6.45, 7) is 4.93. The lowest BCUT2D eigenvalue weighted by Gasteiger charge is -2.16. The second-order valence-corrected chi connectivity index (χ2v) is 4.33. The number of hydrogen-bond acceptors (Lipinski definition) is 6. The molecule has 0 radical (unpaired) electrons. The van der Waals surface area contributed by atoms with Gasteiger partial charge >= 0.3 is 11.8 Å². The second-order valence-electron chi connectivity index (χ2n) is 4.33. The molecule has 0 aliphatic carbocycles. The third kappa shape index (κ3) is 4.37. The maximum Gasteiger partial charge on any atom is 0.309 e. The molecule has 1 N–H and O–H groups in total. The van der Waals surface area contributed by atoms with Crippen LogP contribution >= 0.6 is 0 Å². The average molecular weight is 305 g/mol. The van der Waals surface area contributed by atoms with E-state index in [2.05, 4.69) is 15.5 Å². The highest BCUT2D eigenvalue weighted by Gasteiger charge is 2.17. The molecule has 1 amide bonds. The Morgan fingerprint density at radius 2 is 1.86 bits per heavy atom. The lowest BCUT2D eigenvalue weighted by molar-refractivity contribution is -0.131. The van der Waals surface area contributed by atoms with Crippen molar-refractivity contribution in [3.8, 4) is 11.5 Å². The van der Waals surface area contributed by atoms with Gasteiger partial charge < -0.3 is 19.2 Å². The molecule has 0 unspecified atom stereocenters. The Hall–Kier alpha value is -2.25. The largest absolute Gasteiger partial charge is 0.412 e. The van der Waals surface area contributed by atoms with E-state index in [-0.39, 0.29) is 12.4 Å². The van der Waals surface area contributed by atoms with E-state index in [0.29, 0.717) is 19.1 Å². The monoisotopic (exact) mass is 305 g/mol. The van der Waals surface area contributed by atoms with Gasteiger partial charge in [-0.15, -0.1) is 10.2 Å². The van der Waals surface area contributed by atoms with Crippen LogP contribution < -0.4 is 5.32 Å². The Labute approximate surface area is 128 Å². The van der Waals surface area contributed by atoms with Crippen LogP contribution in [-0.4, -0.2) is 42.2 Å². The van der Waals surface area contributed by atoms with Gasteiger partial charge in [-0.2, -0.15) is 0 Å². The predicted octanol–water partition coefficient (Wildman–Crippen LogP) is 1.87. The van der Waals surface area contributed by atoms with E-state index in [0.717, 1.165) is 5.56 Å². The third-order valence-corrected chi connectivity index (χ3v) is 2.77. The van der Waals surface area contributed by atoms with E-state index in [1.165, 1.54) is 0 Å². The van der Waals surface area contributed by atoms with Gasteiger partial charge in [-0.05, 0) is 26.0 Å². The molecule has 118 valence electrons. The Morgan fingerprint density at radius 1 is 1.18 bits per heavy atom. The van der Waals surface area contributed by atoms with Gasteiger partial charge in [0.05, 0.1) is 6.54 Å². The standard InChI is InChI=1S/C15H19N3O4/c1-3-20-12(21-4-2)10-16-13(19)15-18-17-14(22-15)11-8-6-5-7-9-11/h5-9,12H,3-4,10H2,1-2H3,(H,16,19). The summed E-state index contributed by atoms with van der Waals surface area (Å²) < 4.78 is 16.0. The summed E-state index contributed by atoms with van der Waals surface area (Å²) in [7, 11) is 0. The van der Waals surface area contributed by atoms with Crippen LogP contribution in [-0.2, 0) is 9.47 Å². The van der Waals surface area contributed by atoms with Crippen molar-refractivity contribution in [2.24, 2.45) is 0 Å². The zero-order valence-electron chi connectivity index (χ0n) is 12.6. The van der Waals surface area contributed by atoms with Crippen molar-refractivity contribution in [3.05, 3.63) is 36.2 Å². The van der Waals surface area contributed by atoms with Crippen LogP contribution in [0.2, 0.25) is 0 Å². The summed E-state index contributed by atoms with van der Waals surface area (Å²) in [5.74, 6) is -0.249. The highest BCUT2D eigenvalue weighted by atomic mass is 16.7. The summed E-state index contributed by atoms with van der Waals surface area (Å²) in [5, 5.41) is 10.3. The number of carbonyl (C=O) groups is 1. The number of carbonyl (C=O) groups excluding carboxylic acids is 1. The maximum atomic E-state index is 12.0. The van der Waals surface area contributed by atoms with Crippen LogP contribution in [0.25, 0.3) is 11.5 Å². The summed E-state index contributed by atoms with van der Waals surface area (Å²) in [6.07, 6.45) is -0.490. The van der Waals surface area contributed by atoms with Crippen LogP contribution in [0.1, 0.15) is 24.5 Å². The number of benzene rings is 1. The molecule has 7 nitrogen and oxygen atoms in total. The molecular weight excluding hydrogens is 286 g/mol.